The number of aromatic nitrogens is 1. The molecule has 0 saturated carbocycles. The molecule has 0 aliphatic carbocycles. The van der Waals surface area contributed by atoms with Crippen LogP contribution in [0.2, 0.25) is 5.02 Å². The molecule has 1 heterocycles. The van der Waals surface area contributed by atoms with Gasteiger partial charge in [-0.2, -0.15) is 13.2 Å². The number of benzene rings is 1. The molecule has 0 spiro atoms. The number of hydrogen-bond acceptors (Lipinski definition) is 5. The average Bonchev–Trinajstić information content (AvgIpc) is 2.62. The Labute approximate surface area is 157 Å². The van der Waals surface area contributed by atoms with E-state index in [1.807, 2.05) is 0 Å². The smallest absolute Gasteiger partial charge is 0.422 e. The van der Waals surface area contributed by atoms with Crippen LogP contribution in [0.1, 0.15) is 15.9 Å². The minimum absolute atomic E-state index is 0.0306. The fraction of sp³-hybridized carbons (Fsp3) is 0.235. The van der Waals surface area contributed by atoms with Crippen molar-refractivity contribution in [1.29, 1.82) is 0 Å². The summed E-state index contributed by atoms with van der Waals surface area (Å²) in [6.45, 7) is -1.80. The molecule has 2 rings (SSSR count). The third-order valence-electron chi connectivity index (χ3n) is 3.07. The number of alkyl halides is 3. The lowest BCUT2D eigenvalue weighted by Gasteiger charge is -2.09. The van der Waals surface area contributed by atoms with Gasteiger partial charge in [-0.05, 0) is 23.8 Å². The van der Waals surface area contributed by atoms with Crippen LogP contribution in [-0.2, 0) is 16.1 Å². The zero-order valence-electron chi connectivity index (χ0n) is 13.8. The third-order valence-corrected chi connectivity index (χ3v) is 3.30. The highest BCUT2D eigenvalue weighted by Crippen LogP contribution is 2.17. The van der Waals surface area contributed by atoms with E-state index in [2.05, 4.69) is 15.0 Å². The zero-order chi connectivity index (χ0) is 19.9. The standard InChI is InChI=1S/C17H14ClF3N2O4/c18-13-3-1-2-11(6-13)7-22-14(24)9-26-16(25)12-4-5-15(23-8-12)27-10-17(19,20)21/h1-6,8H,7,9-10H2,(H,22,24). The maximum Gasteiger partial charge on any atom is 0.422 e. The summed E-state index contributed by atoms with van der Waals surface area (Å²) in [6, 6.07) is 9.17. The SMILES string of the molecule is O=C(COC(=O)c1ccc(OCC(F)(F)F)nc1)NCc1cccc(Cl)c1. The van der Waals surface area contributed by atoms with Gasteiger partial charge in [0.2, 0.25) is 5.88 Å². The van der Waals surface area contributed by atoms with Crippen LogP contribution in [0.5, 0.6) is 5.88 Å². The molecular formula is C17H14ClF3N2O4. The lowest BCUT2D eigenvalue weighted by Crippen LogP contribution is -2.28. The Hall–Kier alpha value is -2.81. The van der Waals surface area contributed by atoms with Crippen molar-refractivity contribution in [2.75, 3.05) is 13.2 Å². The van der Waals surface area contributed by atoms with Crippen LogP contribution in [0, 0.1) is 0 Å². The molecule has 0 bridgehead atoms. The Kier molecular flexibility index (Phi) is 7.00. The molecule has 0 unspecified atom stereocenters. The summed E-state index contributed by atoms with van der Waals surface area (Å²) in [5.41, 5.74) is 0.748. The van der Waals surface area contributed by atoms with E-state index in [1.165, 1.54) is 6.07 Å². The van der Waals surface area contributed by atoms with Crippen LogP contribution < -0.4 is 10.1 Å². The monoisotopic (exact) mass is 402 g/mol. The molecule has 144 valence electrons. The lowest BCUT2D eigenvalue weighted by molar-refractivity contribution is -0.154. The molecule has 0 radical (unpaired) electrons. The first-order valence-electron chi connectivity index (χ1n) is 7.57. The van der Waals surface area contributed by atoms with Crippen molar-refractivity contribution in [2.45, 2.75) is 12.7 Å². The van der Waals surface area contributed by atoms with E-state index in [-0.39, 0.29) is 18.0 Å². The largest absolute Gasteiger partial charge is 0.468 e. The van der Waals surface area contributed by atoms with Gasteiger partial charge in [-0.25, -0.2) is 9.78 Å². The summed E-state index contributed by atoms with van der Waals surface area (Å²) in [7, 11) is 0. The maximum atomic E-state index is 12.0. The van der Waals surface area contributed by atoms with Crippen LogP contribution in [0.25, 0.3) is 0 Å². The number of ether oxygens (including phenoxy) is 2. The summed E-state index contributed by atoms with van der Waals surface area (Å²) in [5, 5.41) is 3.09. The number of carbonyl (C=O) groups is 2. The van der Waals surface area contributed by atoms with Gasteiger partial charge in [0.05, 0.1) is 5.56 Å². The number of carbonyl (C=O) groups excluding carboxylic acids is 2. The Morgan fingerprint density at radius 2 is 1.96 bits per heavy atom. The van der Waals surface area contributed by atoms with Crippen LogP contribution >= 0.6 is 11.6 Å². The van der Waals surface area contributed by atoms with Gasteiger partial charge in [-0.3, -0.25) is 4.79 Å². The van der Waals surface area contributed by atoms with Gasteiger partial charge >= 0.3 is 12.1 Å². The zero-order valence-corrected chi connectivity index (χ0v) is 14.5. The number of pyridine rings is 1. The van der Waals surface area contributed by atoms with Crippen LogP contribution in [0.4, 0.5) is 13.2 Å². The van der Waals surface area contributed by atoms with Crippen molar-refractivity contribution in [1.82, 2.24) is 10.3 Å². The fourth-order valence-electron chi connectivity index (χ4n) is 1.86. The first kappa shape index (κ1) is 20.5. The molecule has 1 amide bonds. The highest BCUT2D eigenvalue weighted by atomic mass is 35.5. The first-order chi connectivity index (χ1) is 12.7. The Morgan fingerprint density at radius 3 is 2.59 bits per heavy atom. The molecule has 0 saturated heterocycles. The highest BCUT2D eigenvalue weighted by molar-refractivity contribution is 6.30. The van der Waals surface area contributed by atoms with Gasteiger partial charge in [0.25, 0.3) is 5.91 Å². The van der Waals surface area contributed by atoms with Crippen LogP contribution in [0.15, 0.2) is 42.6 Å². The minimum Gasteiger partial charge on any atom is -0.468 e. The van der Waals surface area contributed by atoms with Crippen molar-refractivity contribution >= 4 is 23.5 Å². The van der Waals surface area contributed by atoms with Crippen molar-refractivity contribution in [3.63, 3.8) is 0 Å². The van der Waals surface area contributed by atoms with Crippen molar-refractivity contribution in [2.24, 2.45) is 0 Å². The molecule has 27 heavy (non-hydrogen) atoms. The number of halogens is 4. The van der Waals surface area contributed by atoms with E-state index >= 15 is 0 Å². The third kappa shape index (κ3) is 7.53. The quantitative estimate of drug-likeness (QED) is 0.720. The molecular weight excluding hydrogens is 389 g/mol. The number of rotatable bonds is 7. The Bertz CT molecular complexity index is 798. The molecule has 10 heteroatoms. The molecule has 0 atom stereocenters. The molecule has 2 aromatic rings. The maximum absolute atomic E-state index is 12.0. The summed E-state index contributed by atoms with van der Waals surface area (Å²) in [4.78, 5) is 27.1. The molecule has 0 aliphatic heterocycles. The van der Waals surface area contributed by atoms with E-state index in [1.54, 1.807) is 24.3 Å². The van der Waals surface area contributed by atoms with E-state index in [0.717, 1.165) is 17.8 Å². The second kappa shape index (κ2) is 9.22. The van der Waals surface area contributed by atoms with Crippen LogP contribution in [0.3, 0.4) is 0 Å². The second-order valence-corrected chi connectivity index (χ2v) is 5.71. The molecule has 1 aromatic heterocycles. The minimum atomic E-state index is -4.49. The van der Waals surface area contributed by atoms with Gasteiger partial charge in [-0.1, -0.05) is 23.7 Å². The van der Waals surface area contributed by atoms with Crippen molar-refractivity contribution in [3.8, 4) is 5.88 Å². The average molecular weight is 403 g/mol. The van der Waals surface area contributed by atoms with Gasteiger partial charge in [0.15, 0.2) is 13.2 Å². The highest BCUT2D eigenvalue weighted by Gasteiger charge is 2.28. The summed E-state index contributed by atoms with van der Waals surface area (Å²) < 4.78 is 45.4. The number of nitrogens with zero attached hydrogens (tertiary/aromatic N) is 1. The summed E-state index contributed by atoms with van der Waals surface area (Å²) >= 11 is 5.83. The van der Waals surface area contributed by atoms with E-state index in [9.17, 15) is 22.8 Å². The number of amides is 1. The predicted molar refractivity (Wildman–Crippen MR) is 89.4 cm³/mol. The number of nitrogens with one attached hydrogen (secondary N) is 1. The molecule has 6 nitrogen and oxygen atoms in total. The summed E-state index contributed by atoms with van der Waals surface area (Å²) in [6.07, 6.45) is -3.49. The van der Waals surface area contributed by atoms with Crippen LogP contribution in [-0.4, -0.2) is 36.3 Å². The van der Waals surface area contributed by atoms with Crippen molar-refractivity contribution in [3.05, 3.63) is 58.7 Å². The lowest BCUT2D eigenvalue weighted by atomic mass is 10.2. The Morgan fingerprint density at radius 1 is 1.19 bits per heavy atom. The Balaban J connectivity index is 1.76. The van der Waals surface area contributed by atoms with E-state index < -0.39 is 31.3 Å². The van der Waals surface area contributed by atoms with E-state index in [0.29, 0.717) is 5.02 Å². The number of esters is 1. The predicted octanol–water partition coefficient (Wildman–Crippen LogP) is 3.15. The molecule has 1 aromatic carbocycles. The fourth-order valence-corrected chi connectivity index (χ4v) is 2.07. The topological polar surface area (TPSA) is 77.5 Å². The van der Waals surface area contributed by atoms with Gasteiger partial charge in [0, 0.05) is 23.8 Å². The molecule has 1 N–H and O–H groups in total. The van der Waals surface area contributed by atoms with Gasteiger partial charge in [0.1, 0.15) is 0 Å². The summed E-state index contributed by atoms with van der Waals surface area (Å²) in [5.74, 6) is -1.66. The second-order valence-electron chi connectivity index (χ2n) is 5.27. The normalized spacial score (nSPS) is 11.0. The molecule has 0 aliphatic rings. The number of hydrogen-bond donors (Lipinski definition) is 1. The van der Waals surface area contributed by atoms with Crippen molar-refractivity contribution < 1.29 is 32.2 Å². The first-order valence-corrected chi connectivity index (χ1v) is 7.94. The molecule has 0 fully saturated rings. The van der Waals surface area contributed by atoms with Gasteiger partial charge < -0.3 is 14.8 Å². The van der Waals surface area contributed by atoms with E-state index in [4.69, 9.17) is 16.3 Å². The van der Waals surface area contributed by atoms with Gasteiger partial charge in [-0.15, -0.1) is 0 Å².